The summed E-state index contributed by atoms with van der Waals surface area (Å²) in [5, 5.41) is 5.57. The second-order valence-corrected chi connectivity index (χ2v) is 34.3. The first-order valence-corrected chi connectivity index (χ1v) is 40.7. The number of hydrogen-bond acceptors (Lipinski definition) is 40. The molecule has 52 heteroatoms. The zero-order valence-corrected chi connectivity index (χ0v) is 61.8. The number of nitrogens with one attached hydrogen (secondary N) is 2. The van der Waals surface area contributed by atoms with Gasteiger partial charge in [-0.05, 0) is 92.7 Å². The molecule has 5 rings (SSSR count). The summed E-state index contributed by atoms with van der Waals surface area (Å²) in [5.74, 6) is -0.266. The van der Waals surface area contributed by atoms with Gasteiger partial charge in [0.25, 0.3) is 0 Å². The molecular weight excluding hydrogens is 1530 g/mol. The SMILES string of the molecule is COS(=O)(=O)OCCS(=O)(=O)CCCNc1nc(C)nc(Cl)n1.COS(=O)(=O)OCCS(=O)(=O)CCN(C)c1nc(C)nc(Cl)n1.COS(=O)(=O)OCCS(=O)(=O)CCN(c1ccccc1)c1nc(C)nc(Cl)n1.COS(=O)(=O)OCCS(=O)(=O)CCNc1nc(C)nc(Cl)n1. The van der Waals surface area contributed by atoms with Crippen LogP contribution in [0.5, 0.6) is 0 Å². The monoisotopic (exact) mass is 1600 g/mol. The molecule has 0 saturated carbocycles. The second-order valence-electron chi connectivity index (χ2n) is 18.2. The third-order valence-corrected chi connectivity index (χ3v) is 21.4. The highest BCUT2D eigenvalue weighted by Gasteiger charge is 2.23. The fraction of sp³-hybridized carbons (Fsp3) is 0.591. The Hall–Kier alpha value is -5.10. The highest BCUT2D eigenvalue weighted by molar-refractivity contribution is 7.92. The van der Waals surface area contributed by atoms with Crippen molar-refractivity contribution in [1.29, 1.82) is 0 Å². The van der Waals surface area contributed by atoms with Gasteiger partial charge in [0.1, 0.15) is 23.3 Å². The van der Waals surface area contributed by atoms with Crippen molar-refractivity contribution in [3.8, 4) is 0 Å². The van der Waals surface area contributed by atoms with Crippen molar-refractivity contribution in [2.24, 2.45) is 0 Å². The molecule has 0 aliphatic rings. The van der Waals surface area contributed by atoms with Crippen molar-refractivity contribution in [3.63, 3.8) is 0 Å². The first kappa shape index (κ1) is 87.0. The zero-order chi connectivity index (χ0) is 72.8. The number of para-hydroxylation sites is 1. The number of hydrogen-bond donors (Lipinski definition) is 2. The van der Waals surface area contributed by atoms with Crippen LogP contribution in [0.4, 0.5) is 29.5 Å². The third-order valence-electron chi connectivity index (χ3n) is 10.8. The standard InChI is InChI=1S/C15H19ClN4O6S2.2C10H17ClN4O6S2.C9H15ClN4O6S2/c1-12-17-14(16)19-15(18-12)20(13-6-4-3-5-7-13)8-10-27(21,22)11-9-26-28(23,24)25-2;1-8-12-9(11)14-10(13-8)15(2)4-6-22(16,17)7-5-21-23(18,19)20-3;1-8-13-9(11)15-10(14-8)12-4-3-6-22(16,17)7-5-21-23(18,19)20-2;1-7-12-8(10)14-9(13-7)11-3-5-21(15,16)6-4-20-22(17,18)19-2/h3-7H,8-11H2,1-2H3;4-7H2,1-3H3;3-7H2,1-2H3,(H,12,13,14,15);3-6H2,1-2H3,(H,11,12,13,14). The van der Waals surface area contributed by atoms with Crippen LogP contribution >= 0.6 is 46.4 Å². The Morgan fingerprint density at radius 1 is 0.375 bits per heavy atom. The minimum atomic E-state index is -4.19. The Balaban J connectivity index is 0.000000438. The van der Waals surface area contributed by atoms with E-state index < -0.39 is 130 Å². The minimum absolute atomic E-state index is 0.00368. The second kappa shape index (κ2) is 40.8. The van der Waals surface area contributed by atoms with E-state index >= 15 is 0 Å². The van der Waals surface area contributed by atoms with Gasteiger partial charge in [0, 0.05) is 38.9 Å². The van der Waals surface area contributed by atoms with Crippen LogP contribution in [0.15, 0.2) is 30.3 Å². The molecule has 40 nitrogen and oxygen atoms in total. The van der Waals surface area contributed by atoms with Crippen LogP contribution in [0.2, 0.25) is 21.1 Å². The molecule has 0 aliphatic carbocycles. The lowest BCUT2D eigenvalue weighted by atomic mass is 10.3. The molecule has 0 atom stereocenters. The van der Waals surface area contributed by atoms with Crippen molar-refractivity contribution >= 4 is 157 Å². The van der Waals surface area contributed by atoms with E-state index in [1.807, 2.05) is 6.07 Å². The van der Waals surface area contributed by atoms with Crippen molar-refractivity contribution in [3.05, 3.63) is 74.8 Å². The van der Waals surface area contributed by atoms with E-state index in [9.17, 15) is 67.3 Å². The quantitative estimate of drug-likeness (QED) is 0.0505. The summed E-state index contributed by atoms with van der Waals surface area (Å²) in [7, 11) is -25.4. The average Bonchev–Trinajstić information content (AvgIpc) is 0.876. The van der Waals surface area contributed by atoms with Crippen molar-refractivity contribution < 1.29 is 101 Å². The largest absolute Gasteiger partial charge is 0.399 e. The van der Waals surface area contributed by atoms with Crippen molar-refractivity contribution in [2.45, 2.75) is 34.1 Å². The van der Waals surface area contributed by atoms with Gasteiger partial charge < -0.3 is 20.4 Å². The number of anilines is 5. The number of aryl methyl sites for hydroxylation is 4. The molecule has 1 aromatic carbocycles. The normalized spacial score (nSPS) is 12.3. The number of sulfone groups is 4. The van der Waals surface area contributed by atoms with E-state index in [1.165, 1.54) is 4.90 Å². The van der Waals surface area contributed by atoms with Gasteiger partial charge in [0.15, 0.2) is 39.3 Å². The maximum absolute atomic E-state index is 12.3. The summed E-state index contributed by atoms with van der Waals surface area (Å²) in [6.07, 6.45) is 0.279. The van der Waals surface area contributed by atoms with E-state index in [1.54, 1.807) is 63.9 Å². The Morgan fingerprint density at radius 2 is 0.698 bits per heavy atom. The average molecular weight is 1600 g/mol. The molecule has 96 heavy (non-hydrogen) atoms. The molecule has 0 fully saturated rings. The molecule has 4 heterocycles. The molecule has 5 aromatic rings. The lowest BCUT2D eigenvalue weighted by molar-refractivity contribution is 0.254. The number of rotatable bonds is 38. The van der Waals surface area contributed by atoms with Gasteiger partial charge in [0.2, 0.25) is 44.9 Å². The third kappa shape index (κ3) is 38.3. The van der Waals surface area contributed by atoms with Crippen LogP contribution in [0.3, 0.4) is 0 Å². The molecule has 4 aromatic heterocycles. The van der Waals surface area contributed by atoms with Gasteiger partial charge in [-0.15, -0.1) is 0 Å². The molecule has 0 radical (unpaired) electrons. The molecule has 0 bridgehead atoms. The number of aromatic nitrogens is 12. The zero-order valence-electron chi connectivity index (χ0n) is 52.2. The van der Waals surface area contributed by atoms with Crippen LogP contribution in [0, 0.1) is 27.7 Å². The van der Waals surface area contributed by atoms with Crippen LogP contribution in [-0.4, -0.2) is 261 Å². The molecule has 2 N–H and O–H groups in total. The van der Waals surface area contributed by atoms with E-state index in [-0.39, 0.29) is 94.0 Å². The molecule has 0 spiro atoms. The van der Waals surface area contributed by atoms with E-state index in [2.05, 4.69) is 104 Å². The summed E-state index contributed by atoms with van der Waals surface area (Å²) >= 11 is 22.9. The van der Waals surface area contributed by atoms with Crippen LogP contribution < -0.4 is 20.4 Å². The lowest BCUT2D eigenvalue weighted by Gasteiger charge is -2.22. The topological polar surface area (TPSA) is 532 Å². The Kier molecular flexibility index (Phi) is 37.0. The molecular formula is C44H68Cl4N16O24S8. The number of benzene rings is 1. The highest BCUT2D eigenvalue weighted by atomic mass is 35.5. The minimum Gasteiger partial charge on any atom is -0.354 e. The first-order chi connectivity index (χ1) is 44.4. The van der Waals surface area contributed by atoms with Crippen LogP contribution in [0.1, 0.15) is 29.7 Å². The molecule has 0 saturated heterocycles. The first-order valence-electron chi connectivity index (χ1n) is 26.6. The van der Waals surface area contributed by atoms with Gasteiger partial charge in [0.05, 0.1) is 101 Å². The molecule has 0 unspecified atom stereocenters. The molecule has 544 valence electrons. The predicted molar refractivity (Wildman–Crippen MR) is 349 cm³/mol. The smallest absolute Gasteiger partial charge is 0.354 e. The number of halogens is 4. The number of nitrogens with zero attached hydrogens (tertiary/aromatic N) is 14. The van der Waals surface area contributed by atoms with E-state index in [0.717, 1.165) is 28.4 Å². The van der Waals surface area contributed by atoms with E-state index in [4.69, 9.17) is 46.4 Å². The predicted octanol–water partition coefficient (Wildman–Crippen LogP) is 0.412. The van der Waals surface area contributed by atoms with Crippen LogP contribution in [-0.2, 0) is 114 Å². The Morgan fingerprint density at radius 3 is 1.07 bits per heavy atom. The van der Waals surface area contributed by atoms with Crippen molar-refractivity contribution in [2.75, 3.05) is 155 Å². The van der Waals surface area contributed by atoms with Gasteiger partial charge in [-0.3, -0.25) is 16.7 Å². The maximum atomic E-state index is 12.3. The fourth-order valence-electron chi connectivity index (χ4n) is 6.24. The Labute approximate surface area is 576 Å². The summed E-state index contributed by atoms with van der Waals surface area (Å²) in [6, 6.07) is 8.94. The Bertz CT molecular complexity index is 4170. The molecule has 0 aliphatic heterocycles. The fourth-order valence-corrected chi connectivity index (χ4v) is 13.2. The molecule has 0 amide bonds. The summed E-state index contributed by atoms with van der Waals surface area (Å²) in [4.78, 5) is 50.1. The van der Waals surface area contributed by atoms with Gasteiger partial charge >= 0.3 is 41.6 Å². The van der Waals surface area contributed by atoms with Crippen molar-refractivity contribution in [1.82, 2.24) is 59.8 Å². The summed E-state index contributed by atoms with van der Waals surface area (Å²) in [6.45, 7) is 4.92. The summed E-state index contributed by atoms with van der Waals surface area (Å²) < 4.78 is 216. The van der Waals surface area contributed by atoms with E-state index in [0.29, 0.717) is 35.5 Å². The van der Waals surface area contributed by atoms with Gasteiger partial charge in [-0.2, -0.15) is 73.5 Å². The van der Waals surface area contributed by atoms with Gasteiger partial charge in [-0.25, -0.2) is 70.3 Å². The van der Waals surface area contributed by atoms with Crippen LogP contribution in [0.25, 0.3) is 0 Å². The lowest BCUT2D eigenvalue weighted by Crippen LogP contribution is -2.29. The summed E-state index contributed by atoms with van der Waals surface area (Å²) in [5.41, 5.74) is 0.664. The maximum Gasteiger partial charge on any atom is 0.399 e. The van der Waals surface area contributed by atoms with Gasteiger partial charge in [-0.1, -0.05) is 18.2 Å². The highest BCUT2D eigenvalue weighted by Crippen LogP contribution is 2.23.